The van der Waals surface area contributed by atoms with E-state index in [1.807, 2.05) is 12.1 Å². The van der Waals surface area contributed by atoms with E-state index in [1.165, 1.54) is 22.2 Å². The first kappa shape index (κ1) is 19.3. The van der Waals surface area contributed by atoms with E-state index in [2.05, 4.69) is 11.9 Å². The van der Waals surface area contributed by atoms with Gasteiger partial charge in [-0.25, -0.2) is 9.97 Å². The predicted octanol–water partition coefficient (Wildman–Crippen LogP) is 6.11. The lowest BCUT2D eigenvalue weighted by atomic mass is 10.0. The van der Waals surface area contributed by atoms with E-state index in [4.69, 9.17) is 38.7 Å². The fraction of sp³-hybridized carbons (Fsp3) is 0.368. The van der Waals surface area contributed by atoms with Crippen molar-refractivity contribution in [3.63, 3.8) is 0 Å². The Hall–Kier alpha value is -1.05. The molecule has 4 rings (SSSR count). The number of nitrogens with zero attached hydrogens (tertiary/aromatic N) is 2. The van der Waals surface area contributed by atoms with Crippen molar-refractivity contribution in [3.8, 4) is 0 Å². The van der Waals surface area contributed by atoms with Crippen molar-refractivity contribution in [2.24, 2.45) is 0 Å². The van der Waals surface area contributed by atoms with Gasteiger partial charge in [0.2, 0.25) is 0 Å². The van der Waals surface area contributed by atoms with Gasteiger partial charge in [-0.15, -0.1) is 11.3 Å². The van der Waals surface area contributed by atoms with Gasteiger partial charge < -0.3 is 10.5 Å². The van der Waals surface area contributed by atoms with E-state index in [1.54, 1.807) is 17.4 Å². The van der Waals surface area contributed by atoms with E-state index in [9.17, 15) is 0 Å². The average Bonchev–Trinajstić information content (AvgIpc) is 2.99. The van der Waals surface area contributed by atoms with Gasteiger partial charge in [0.05, 0.1) is 18.1 Å². The predicted molar refractivity (Wildman–Crippen MR) is 115 cm³/mol. The van der Waals surface area contributed by atoms with Crippen LogP contribution in [0.1, 0.15) is 35.8 Å². The average molecular weight is 440 g/mol. The number of hydrogen-bond acceptors (Lipinski definition) is 6. The largest absolute Gasteiger partial charge is 0.383 e. The summed E-state index contributed by atoms with van der Waals surface area (Å²) in [4.78, 5) is 11.4. The summed E-state index contributed by atoms with van der Waals surface area (Å²) in [7, 11) is 0. The van der Waals surface area contributed by atoms with Gasteiger partial charge in [-0.05, 0) is 29.7 Å². The van der Waals surface area contributed by atoms with Gasteiger partial charge in [0.15, 0.2) is 5.16 Å². The Kier molecular flexibility index (Phi) is 5.81. The van der Waals surface area contributed by atoms with Crippen molar-refractivity contribution in [1.29, 1.82) is 0 Å². The molecule has 0 saturated carbocycles. The van der Waals surface area contributed by atoms with E-state index in [-0.39, 0.29) is 6.10 Å². The van der Waals surface area contributed by atoms with Crippen LogP contribution in [-0.2, 0) is 23.5 Å². The zero-order valence-corrected chi connectivity index (χ0v) is 17.9. The van der Waals surface area contributed by atoms with Crippen LogP contribution in [0.25, 0.3) is 10.2 Å². The number of benzene rings is 1. The molecule has 2 aromatic heterocycles. The molecule has 0 saturated heterocycles. The van der Waals surface area contributed by atoms with Crippen molar-refractivity contribution in [3.05, 3.63) is 44.2 Å². The van der Waals surface area contributed by atoms with Gasteiger partial charge in [0, 0.05) is 27.1 Å². The van der Waals surface area contributed by atoms with E-state index in [0.29, 0.717) is 33.4 Å². The molecule has 3 aromatic rings. The zero-order chi connectivity index (χ0) is 19.0. The number of rotatable bonds is 5. The Balaban J connectivity index is 1.59. The van der Waals surface area contributed by atoms with E-state index in [0.717, 1.165) is 35.0 Å². The van der Waals surface area contributed by atoms with Crippen LogP contribution in [0.3, 0.4) is 0 Å². The molecular formula is C19H19Cl2N3OS2. The normalized spacial score (nSPS) is 16.6. The van der Waals surface area contributed by atoms with Crippen LogP contribution in [0.2, 0.25) is 10.0 Å². The molecular weight excluding hydrogens is 421 g/mol. The number of thioether (sulfide) groups is 1. The number of ether oxygens (including phenoxy) is 1. The molecule has 0 amide bonds. The lowest BCUT2D eigenvalue weighted by Gasteiger charge is -2.22. The molecule has 0 radical (unpaired) electrons. The van der Waals surface area contributed by atoms with Crippen LogP contribution in [0, 0.1) is 0 Å². The molecule has 1 aliphatic heterocycles. The lowest BCUT2D eigenvalue weighted by Crippen LogP contribution is -2.21. The molecule has 8 heteroatoms. The van der Waals surface area contributed by atoms with Gasteiger partial charge in [-0.1, -0.05) is 54.4 Å². The van der Waals surface area contributed by atoms with Gasteiger partial charge >= 0.3 is 0 Å². The van der Waals surface area contributed by atoms with Crippen molar-refractivity contribution in [2.75, 3.05) is 5.73 Å². The van der Waals surface area contributed by atoms with E-state index < -0.39 is 0 Å². The highest BCUT2D eigenvalue weighted by molar-refractivity contribution is 7.98. The molecule has 1 unspecified atom stereocenters. The Bertz CT molecular complexity index is 993. The van der Waals surface area contributed by atoms with Crippen molar-refractivity contribution in [1.82, 2.24) is 9.97 Å². The fourth-order valence-corrected chi connectivity index (χ4v) is 5.88. The number of hydrogen-bond donors (Lipinski definition) is 1. The third-order valence-electron chi connectivity index (χ3n) is 4.61. The van der Waals surface area contributed by atoms with Crippen molar-refractivity contribution in [2.45, 2.75) is 49.8 Å². The maximum Gasteiger partial charge on any atom is 0.191 e. The maximum atomic E-state index is 6.32. The second-order valence-electron chi connectivity index (χ2n) is 6.53. The summed E-state index contributed by atoms with van der Waals surface area (Å²) in [6, 6.07) is 5.51. The highest BCUT2D eigenvalue weighted by atomic mass is 35.5. The first-order valence-electron chi connectivity index (χ1n) is 8.81. The summed E-state index contributed by atoms with van der Waals surface area (Å²) in [5.74, 6) is 1.22. The van der Waals surface area contributed by atoms with Crippen LogP contribution in [0.5, 0.6) is 0 Å². The molecule has 0 spiro atoms. The zero-order valence-electron chi connectivity index (χ0n) is 14.8. The minimum atomic E-state index is 0.265. The van der Waals surface area contributed by atoms with Gasteiger partial charge in [-0.2, -0.15) is 0 Å². The number of nitrogen functional groups attached to an aromatic ring is 1. The Morgan fingerprint density at radius 3 is 2.96 bits per heavy atom. The van der Waals surface area contributed by atoms with Crippen LogP contribution in [0.15, 0.2) is 23.4 Å². The number of nitrogens with two attached hydrogens (primary N) is 1. The maximum absolute atomic E-state index is 6.32. The summed E-state index contributed by atoms with van der Waals surface area (Å²) in [6.07, 6.45) is 3.33. The number of halogens is 2. The molecule has 142 valence electrons. The summed E-state index contributed by atoms with van der Waals surface area (Å²) in [5, 5.41) is 2.95. The first-order chi connectivity index (χ1) is 13.0. The van der Waals surface area contributed by atoms with Gasteiger partial charge in [-0.3, -0.25) is 0 Å². The molecule has 0 bridgehead atoms. The minimum absolute atomic E-state index is 0.265. The van der Waals surface area contributed by atoms with E-state index >= 15 is 0 Å². The van der Waals surface area contributed by atoms with Crippen LogP contribution in [-0.4, -0.2) is 16.1 Å². The second kappa shape index (κ2) is 8.13. The standard InChI is InChI=1S/C19H19Cl2N3OS2/c1-2-3-12-7-13-15(8-25-12)27-18-16(13)17(22)23-19(24-18)26-9-10-4-5-11(20)6-14(10)21/h4-6,12H,2-3,7-9H2,1H3,(H2,22,23,24). The summed E-state index contributed by atoms with van der Waals surface area (Å²) in [6.45, 7) is 2.82. The topological polar surface area (TPSA) is 61.0 Å². The second-order valence-corrected chi connectivity index (χ2v) is 9.40. The highest BCUT2D eigenvalue weighted by Crippen LogP contribution is 2.39. The molecule has 1 aromatic carbocycles. The van der Waals surface area contributed by atoms with Crippen LogP contribution >= 0.6 is 46.3 Å². The Morgan fingerprint density at radius 2 is 2.19 bits per heavy atom. The number of fused-ring (bicyclic) bond motifs is 3. The first-order valence-corrected chi connectivity index (χ1v) is 11.4. The molecule has 4 nitrogen and oxygen atoms in total. The fourth-order valence-electron chi connectivity index (χ4n) is 3.28. The Morgan fingerprint density at radius 1 is 1.33 bits per heavy atom. The number of anilines is 1. The molecule has 3 heterocycles. The number of aromatic nitrogens is 2. The molecule has 27 heavy (non-hydrogen) atoms. The highest BCUT2D eigenvalue weighted by Gasteiger charge is 2.25. The third-order valence-corrected chi connectivity index (χ3v) is 7.19. The van der Waals surface area contributed by atoms with Crippen LogP contribution < -0.4 is 5.73 Å². The summed E-state index contributed by atoms with van der Waals surface area (Å²) in [5.41, 5.74) is 8.59. The summed E-state index contributed by atoms with van der Waals surface area (Å²) >= 11 is 15.4. The quantitative estimate of drug-likeness (QED) is 0.383. The molecule has 1 atom stereocenters. The Labute approximate surface area is 176 Å². The number of thiophene rings is 1. The molecule has 0 fully saturated rings. The van der Waals surface area contributed by atoms with Crippen LogP contribution in [0.4, 0.5) is 5.82 Å². The SMILES string of the molecule is CCCC1Cc2c(sc3nc(SCc4ccc(Cl)cc4Cl)nc(N)c23)CO1. The summed E-state index contributed by atoms with van der Waals surface area (Å²) < 4.78 is 5.96. The lowest BCUT2D eigenvalue weighted by molar-refractivity contribution is 0.0254. The monoisotopic (exact) mass is 439 g/mol. The van der Waals surface area contributed by atoms with Crippen molar-refractivity contribution >= 4 is 62.3 Å². The van der Waals surface area contributed by atoms with Crippen molar-refractivity contribution < 1.29 is 4.74 Å². The molecule has 1 aliphatic rings. The smallest absolute Gasteiger partial charge is 0.191 e. The van der Waals surface area contributed by atoms with Gasteiger partial charge in [0.1, 0.15) is 10.6 Å². The van der Waals surface area contributed by atoms with Gasteiger partial charge in [0.25, 0.3) is 0 Å². The molecule has 0 aliphatic carbocycles. The molecule has 2 N–H and O–H groups in total. The third kappa shape index (κ3) is 4.05. The minimum Gasteiger partial charge on any atom is -0.383 e.